The Kier molecular flexibility index (Phi) is 3.06. The predicted octanol–water partition coefficient (Wildman–Crippen LogP) is 0.0917. The summed E-state index contributed by atoms with van der Waals surface area (Å²) in [4.78, 5) is 20.2. The molecule has 7 heteroatoms. The molecule has 0 aromatic rings. The summed E-state index contributed by atoms with van der Waals surface area (Å²) in [5, 5.41) is 8.04. The van der Waals surface area contributed by atoms with Crippen molar-refractivity contribution >= 4 is 11.9 Å². The first kappa shape index (κ1) is 10.7. The first-order valence-electron chi connectivity index (χ1n) is 2.79. The topological polar surface area (TPSA) is 57.6 Å². The van der Waals surface area contributed by atoms with Crippen molar-refractivity contribution in [3.05, 3.63) is 0 Å². The summed E-state index contributed by atoms with van der Waals surface area (Å²) >= 11 is 0. The van der Waals surface area contributed by atoms with Crippen LogP contribution in [0.5, 0.6) is 0 Å². The van der Waals surface area contributed by atoms with Crippen LogP contribution in [0.15, 0.2) is 0 Å². The minimum absolute atomic E-state index is 0.0856. The minimum atomic E-state index is -5.01. The van der Waals surface area contributed by atoms with Gasteiger partial charge in [-0.1, -0.05) is 0 Å². The number of rotatable bonds is 2. The summed E-state index contributed by atoms with van der Waals surface area (Å²) in [6, 6.07) is 0. The number of halogens is 3. The highest BCUT2D eigenvalue weighted by Crippen LogP contribution is 2.17. The molecule has 0 saturated carbocycles. The van der Waals surface area contributed by atoms with Crippen molar-refractivity contribution < 1.29 is 27.9 Å². The number of hydrogen-bond donors (Lipinski definition) is 1. The summed E-state index contributed by atoms with van der Waals surface area (Å²) in [6.07, 6.45) is -5.01. The molecule has 0 saturated heterocycles. The molecule has 1 N–H and O–H groups in total. The summed E-state index contributed by atoms with van der Waals surface area (Å²) in [6.45, 7) is -0.960. The van der Waals surface area contributed by atoms with Crippen LogP contribution in [0.4, 0.5) is 13.2 Å². The zero-order chi connectivity index (χ0) is 9.94. The van der Waals surface area contributed by atoms with Crippen molar-refractivity contribution in [1.82, 2.24) is 4.90 Å². The summed E-state index contributed by atoms with van der Waals surface area (Å²) in [5.74, 6) is -3.65. The number of carbonyl (C=O) groups is 2. The number of carboxylic acid groups (broad SMARTS) is 1. The molecule has 0 unspecified atom stereocenters. The van der Waals surface area contributed by atoms with Crippen LogP contribution in [0.2, 0.25) is 0 Å². The van der Waals surface area contributed by atoms with E-state index in [0.717, 1.165) is 7.05 Å². The van der Waals surface area contributed by atoms with Crippen molar-refractivity contribution in [3.8, 4) is 0 Å². The average Bonchev–Trinajstić information content (AvgIpc) is 1.82. The van der Waals surface area contributed by atoms with Gasteiger partial charge in [-0.2, -0.15) is 13.2 Å². The van der Waals surface area contributed by atoms with Crippen LogP contribution in [0.25, 0.3) is 0 Å². The maximum absolute atomic E-state index is 11.6. The fourth-order valence-electron chi connectivity index (χ4n) is 0.491. The monoisotopic (exact) mass is 185 g/mol. The molecule has 12 heavy (non-hydrogen) atoms. The van der Waals surface area contributed by atoms with Gasteiger partial charge in [0.05, 0.1) is 0 Å². The summed E-state index contributed by atoms with van der Waals surface area (Å²) < 4.78 is 34.7. The Bertz CT molecular complexity index is 201. The first-order chi connectivity index (χ1) is 5.25. The second-order valence-corrected chi connectivity index (χ2v) is 2.05. The smallest absolute Gasteiger partial charge is 0.471 e. The number of likely N-dealkylation sites (N-methyl/N-ethyl adjacent to an activating group) is 1. The first-order valence-corrected chi connectivity index (χ1v) is 2.79. The maximum atomic E-state index is 11.6. The Labute approximate surface area is 65.6 Å². The van der Waals surface area contributed by atoms with Gasteiger partial charge in [0.1, 0.15) is 6.54 Å². The number of nitrogens with zero attached hydrogens (tertiary/aromatic N) is 1. The van der Waals surface area contributed by atoms with E-state index in [4.69, 9.17) is 5.11 Å². The number of aliphatic carboxylic acids is 1. The van der Waals surface area contributed by atoms with Crippen LogP contribution >= 0.6 is 0 Å². The van der Waals surface area contributed by atoms with Gasteiger partial charge in [-0.05, 0) is 0 Å². The Morgan fingerprint density at radius 1 is 1.42 bits per heavy atom. The number of amides is 1. The Hall–Kier alpha value is -1.27. The summed E-state index contributed by atoms with van der Waals surface area (Å²) in [7, 11) is 0.768. The zero-order valence-electron chi connectivity index (χ0n) is 6.05. The molecule has 0 radical (unpaired) electrons. The lowest BCUT2D eigenvalue weighted by Crippen LogP contribution is -2.41. The molecule has 0 atom stereocenters. The van der Waals surface area contributed by atoms with Crippen molar-refractivity contribution in [2.24, 2.45) is 0 Å². The van der Waals surface area contributed by atoms with Gasteiger partial charge in [0.15, 0.2) is 0 Å². The highest BCUT2D eigenvalue weighted by atomic mass is 19.4. The van der Waals surface area contributed by atoms with E-state index in [0.29, 0.717) is 0 Å². The van der Waals surface area contributed by atoms with Crippen LogP contribution < -0.4 is 0 Å². The molecule has 0 rings (SSSR count). The van der Waals surface area contributed by atoms with Crippen LogP contribution in [-0.4, -0.2) is 41.7 Å². The van der Waals surface area contributed by atoms with E-state index in [9.17, 15) is 22.8 Å². The van der Waals surface area contributed by atoms with E-state index < -0.39 is 24.6 Å². The van der Waals surface area contributed by atoms with Crippen molar-refractivity contribution in [1.29, 1.82) is 0 Å². The van der Waals surface area contributed by atoms with Gasteiger partial charge < -0.3 is 10.0 Å². The minimum Gasteiger partial charge on any atom is -0.480 e. The third-order valence-corrected chi connectivity index (χ3v) is 0.962. The number of carboxylic acids is 1. The molecule has 0 aliphatic rings. The molecular formula is C5H6F3NO3. The highest BCUT2D eigenvalue weighted by molar-refractivity contribution is 5.85. The second kappa shape index (κ2) is 3.42. The molecule has 70 valence electrons. The Balaban J connectivity index is 4.21. The van der Waals surface area contributed by atoms with E-state index in [1.165, 1.54) is 0 Å². The van der Waals surface area contributed by atoms with E-state index in [1.54, 1.807) is 0 Å². The van der Waals surface area contributed by atoms with Crippen molar-refractivity contribution in [3.63, 3.8) is 0 Å². The van der Waals surface area contributed by atoms with Gasteiger partial charge in [0.2, 0.25) is 0 Å². The van der Waals surface area contributed by atoms with E-state index in [-0.39, 0.29) is 4.90 Å². The van der Waals surface area contributed by atoms with Crippen molar-refractivity contribution in [2.45, 2.75) is 6.18 Å². The Morgan fingerprint density at radius 2 is 1.83 bits per heavy atom. The van der Waals surface area contributed by atoms with Gasteiger partial charge in [-0.25, -0.2) is 0 Å². The van der Waals surface area contributed by atoms with Gasteiger partial charge >= 0.3 is 18.1 Å². The zero-order valence-corrected chi connectivity index (χ0v) is 6.05. The highest BCUT2D eigenvalue weighted by Gasteiger charge is 2.41. The molecule has 0 bridgehead atoms. The second-order valence-electron chi connectivity index (χ2n) is 2.05. The average molecular weight is 185 g/mol. The van der Waals surface area contributed by atoms with Gasteiger partial charge in [0, 0.05) is 7.05 Å². The molecule has 0 aromatic heterocycles. The quantitative estimate of drug-likeness (QED) is 0.663. The molecular weight excluding hydrogens is 179 g/mol. The van der Waals surface area contributed by atoms with Gasteiger partial charge in [-0.3, -0.25) is 9.59 Å². The lowest BCUT2D eigenvalue weighted by atomic mass is 10.5. The van der Waals surface area contributed by atoms with Gasteiger partial charge in [-0.15, -0.1) is 0 Å². The molecule has 0 aliphatic heterocycles. The lowest BCUT2D eigenvalue weighted by molar-refractivity contribution is -0.185. The fraction of sp³-hybridized carbons (Fsp3) is 0.600. The number of alkyl halides is 3. The summed E-state index contributed by atoms with van der Waals surface area (Å²) in [5.41, 5.74) is 0. The molecule has 0 aromatic carbocycles. The lowest BCUT2D eigenvalue weighted by Gasteiger charge is -2.15. The van der Waals surface area contributed by atoms with Crippen LogP contribution in [0, 0.1) is 0 Å². The van der Waals surface area contributed by atoms with Crippen LogP contribution in [0.3, 0.4) is 0 Å². The van der Waals surface area contributed by atoms with Crippen LogP contribution in [-0.2, 0) is 9.59 Å². The number of hydrogen-bond acceptors (Lipinski definition) is 2. The van der Waals surface area contributed by atoms with Crippen molar-refractivity contribution in [2.75, 3.05) is 13.6 Å². The molecule has 1 amide bonds. The van der Waals surface area contributed by atoms with Gasteiger partial charge in [0.25, 0.3) is 0 Å². The molecule has 0 spiro atoms. The fourth-order valence-corrected chi connectivity index (χ4v) is 0.491. The third kappa shape index (κ3) is 3.22. The predicted molar refractivity (Wildman–Crippen MR) is 31.3 cm³/mol. The van der Waals surface area contributed by atoms with Crippen LogP contribution in [0.1, 0.15) is 0 Å². The maximum Gasteiger partial charge on any atom is 0.471 e. The van der Waals surface area contributed by atoms with E-state index >= 15 is 0 Å². The molecule has 0 aliphatic carbocycles. The third-order valence-electron chi connectivity index (χ3n) is 0.962. The van der Waals surface area contributed by atoms with E-state index in [2.05, 4.69) is 0 Å². The number of carbonyl (C=O) groups excluding carboxylic acids is 1. The molecule has 4 nitrogen and oxygen atoms in total. The largest absolute Gasteiger partial charge is 0.480 e. The Morgan fingerprint density at radius 3 is 2.08 bits per heavy atom. The van der Waals surface area contributed by atoms with E-state index in [1.807, 2.05) is 0 Å². The molecule has 0 heterocycles. The molecule has 0 fully saturated rings. The standard InChI is InChI=1S/C5H6F3NO3/c1-9(2-3(10)11)4(12)5(6,7)8/h2H2,1H3,(H,10,11). The SMILES string of the molecule is CN(CC(=O)O)C(=O)C(F)(F)F. The normalized spacial score (nSPS) is 11.0.